The smallest absolute Gasteiger partial charge is 0.339 e. The van der Waals surface area contributed by atoms with E-state index in [0.29, 0.717) is 16.4 Å². The molecule has 3 rings (SSSR count). The first-order valence-electron chi connectivity index (χ1n) is 5.95. The maximum absolute atomic E-state index is 11.2. The molecule has 3 aromatic rings. The van der Waals surface area contributed by atoms with Crippen LogP contribution in [0, 0.1) is 6.92 Å². The van der Waals surface area contributed by atoms with Crippen LogP contribution in [-0.2, 0) is 0 Å². The number of aromatic carboxylic acids is 1. The minimum atomic E-state index is -1.04. The van der Waals surface area contributed by atoms with Gasteiger partial charge in [-0.25, -0.2) is 9.78 Å². The summed E-state index contributed by atoms with van der Waals surface area (Å²) in [4.78, 5) is 15.5. The van der Waals surface area contributed by atoms with Gasteiger partial charge in [-0.05, 0) is 42.8 Å². The van der Waals surface area contributed by atoms with Crippen LogP contribution in [0.15, 0.2) is 40.8 Å². The summed E-state index contributed by atoms with van der Waals surface area (Å²) < 4.78 is 5.61. The van der Waals surface area contributed by atoms with Gasteiger partial charge >= 0.3 is 5.97 Å². The molecule has 0 saturated heterocycles. The third-order valence-electron chi connectivity index (χ3n) is 2.93. The van der Waals surface area contributed by atoms with E-state index >= 15 is 0 Å². The van der Waals surface area contributed by atoms with E-state index in [1.807, 2.05) is 19.1 Å². The van der Waals surface area contributed by atoms with Gasteiger partial charge in [0.2, 0.25) is 5.89 Å². The van der Waals surface area contributed by atoms with Crippen molar-refractivity contribution in [3.63, 3.8) is 0 Å². The molecule has 0 amide bonds. The number of benzene rings is 2. The largest absolute Gasteiger partial charge is 0.478 e. The normalized spacial score (nSPS) is 10.9. The zero-order chi connectivity index (χ0) is 14.3. The van der Waals surface area contributed by atoms with Crippen LogP contribution in [0.5, 0.6) is 0 Å². The lowest BCUT2D eigenvalue weighted by Crippen LogP contribution is -1.95. The third-order valence-corrected chi connectivity index (χ3v) is 3.15. The number of para-hydroxylation sites is 1. The number of fused-ring (bicyclic) bond motifs is 1. The molecule has 1 N–H and O–H groups in total. The number of hydrogen-bond donors (Lipinski definition) is 1. The van der Waals surface area contributed by atoms with Gasteiger partial charge in [-0.2, -0.15) is 0 Å². The Morgan fingerprint density at radius 3 is 2.80 bits per heavy atom. The van der Waals surface area contributed by atoms with Gasteiger partial charge < -0.3 is 9.52 Å². The van der Waals surface area contributed by atoms with E-state index < -0.39 is 5.97 Å². The Bertz CT molecular complexity index is 803. The number of nitrogens with zero attached hydrogens (tertiary/aromatic N) is 1. The minimum absolute atomic E-state index is 0.0972. The Balaban J connectivity index is 2.23. The Morgan fingerprint density at radius 1 is 1.30 bits per heavy atom. The number of aromatic nitrogens is 1. The SMILES string of the molecule is Cc1cc(Cl)cc(-c2nc3cccc(C(=O)O)c3o2)c1. The Labute approximate surface area is 119 Å². The van der Waals surface area contributed by atoms with Crippen molar-refractivity contribution in [3.8, 4) is 11.5 Å². The molecule has 1 aromatic heterocycles. The first-order valence-corrected chi connectivity index (χ1v) is 6.33. The van der Waals surface area contributed by atoms with Crippen LogP contribution in [0.3, 0.4) is 0 Å². The zero-order valence-electron chi connectivity index (χ0n) is 10.6. The zero-order valence-corrected chi connectivity index (χ0v) is 11.3. The van der Waals surface area contributed by atoms with Gasteiger partial charge in [0.05, 0.1) is 0 Å². The Morgan fingerprint density at radius 2 is 2.10 bits per heavy atom. The van der Waals surface area contributed by atoms with Gasteiger partial charge in [0, 0.05) is 10.6 Å². The number of aryl methyl sites for hydroxylation is 1. The van der Waals surface area contributed by atoms with Gasteiger partial charge in [0.25, 0.3) is 0 Å². The predicted molar refractivity (Wildman–Crippen MR) is 76.2 cm³/mol. The molecule has 1 heterocycles. The molecule has 0 spiro atoms. The fourth-order valence-corrected chi connectivity index (χ4v) is 2.39. The lowest BCUT2D eigenvalue weighted by atomic mass is 10.1. The Kier molecular flexibility index (Phi) is 2.95. The molecular formula is C15H10ClNO3. The van der Waals surface area contributed by atoms with E-state index in [2.05, 4.69) is 4.98 Å². The van der Waals surface area contributed by atoms with E-state index in [4.69, 9.17) is 21.1 Å². The summed E-state index contributed by atoms with van der Waals surface area (Å²) in [5, 5.41) is 9.73. The molecule has 20 heavy (non-hydrogen) atoms. The number of hydrogen-bond acceptors (Lipinski definition) is 3. The molecule has 0 aliphatic rings. The van der Waals surface area contributed by atoms with Crippen LogP contribution in [0.4, 0.5) is 0 Å². The predicted octanol–water partition coefficient (Wildman–Crippen LogP) is 4.15. The minimum Gasteiger partial charge on any atom is -0.478 e. The highest BCUT2D eigenvalue weighted by Gasteiger charge is 2.15. The molecular weight excluding hydrogens is 278 g/mol. The van der Waals surface area contributed by atoms with Gasteiger partial charge in [0.15, 0.2) is 5.58 Å². The summed E-state index contributed by atoms with van der Waals surface area (Å²) >= 11 is 6.02. The lowest BCUT2D eigenvalue weighted by molar-refractivity contribution is 0.0698. The van der Waals surface area contributed by atoms with E-state index in [-0.39, 0.29) is 11.1 Å². The molecule has 0 unspecified atom stereocenters. The standard InChI is InChI=1S/C15H10ClNO3/c1-8-5-9(7-10(16)6-8)14-17-12-4-2-3-11(15(18)19)13(12)20-14/h2-7H,1H3,(H,18,19). The van der Waals surface area contributed by atoms with Crippen LogP contribution in [-0.4, -0.2) is 16.1 Å². The first-order chi connectivity index (χ1) is 9.54. The van der Waals surface area contributed by atoms with Crippen LogP contribution >= 0.6 is 11.6 Å². The summed E-state index contributed by atoms with van der Waals surface area (Å²) in [6, 6.07) is 10.3. The lowest BCUT2D eigenvalue weighted by Gasteiger charge is -1.99. The van der Waals surface area contributed by atoms with Crippen molar-refractivity contribution in [1.82, 2.24) is 4.98 Å². The van der Waals surface area contributed by atoms with Crippen molar-refractivity contribution in [2.24, 2.45) is 0 Å². The molecule has 0 atom stereocenters. The third kappa shape index (κ3) is 2.14. The van der Waals surface area contributed by atoms with Crippen molar-refractivity contribution >= 4 is 28.7 Å². The van der Waals surface area contributed by atoms with Crippen LogP contribution in [0.2, 0.25) is 5.02 Å². The number of carbonyl (C=O) groups is 1. The van der Waals surface area contributed by atoms with Crippen molar-refractivity contribution in [2.45, 2.75) is 6.92 Å². The number of rotatable bonds is 2. The van der Waals surface area contributed by atoms with Crippen molar-refractivity contribution in [3.05, 3.63) is 52.5 Å². The molecule has 0 bridgehead atoms. The highest BCUT2D eigenvalue weighted by molar-refractivity contribution is 6.30. The number of carboxylic acids is 1. The molecule has 4 nitrogen and oxygen atoms in total. The second-order valence-electron chi connectivity index (χ2n) is 4.50. The molecule has 0 aliphatic carbocycles. The molecule has 0 radical (unpaired) electrons. The van der Waals surface area contributed by atoms with Gasteiger partial charge in [-0.3, -0.25) is 0 Å². The van der Waals surface area contributed by atoms with Gasteiger partial charge in [-0.15, -0.1) is 0 Å². The maximum Gasteiger partial charge on any atom is 0.339 e. The fraction of sp³-hybridized carbons (Fsp3) is 0.0667. The molecule has 5 heteroatoms. The van der Waals surface area contributed by atoms with Crippen LogP contribution in [0.1, 0.15) is 15.9 Å². The second kappa shape index (κ2) is 4.65. The van der Waals surface area contributed by atoms with Gasteiger partial charge in [0.1, 0.15) is 11.1 Å². The first kappa shape index (κ1) is 12.7. The topological polar surface area (TPSA) is 63.3 Å². The van der Waals surface area contributed by atoms with E-state index in [0.717, 1.165) is 11.1 Å². The number of carboxylic acid groups (broad SMARTS) is 1. The quantitative estimate of drug-likeness (QED) is 0.769. The van der Waals surface area contributed by atoms with E-state index in [9.17, 15) is 4.79 Å². The van der Waals surface area contributed by atoms with Crippen LogP contribution < -0.4 is 0 Å². The average molecular weight is 288 g/mol. The van der Waals surface area contributed by atoms with Crippen molar-refractivity contribution in [1.29, 1.82) is 0 Å². The summed E-state index contributed by atoms with van der Waals surface area (Å²) in [6.07, 6.45) is 0. The maximum atomic E-state index is 11.2. The van der Waals surface area contributed by atoms with Crippen molar-refractivity contribution in [2.75, 3.05) is 0 Å². The molecule has 2 aromatic carbocycles. The number of halogens is 1. The number of oxazole rings is 1. The van der Waals surface area contributed by atoms with E-state index in [1.54, 1.807) is 18.2 Å². The van der Waals surface area contributed by atoms with E-state index in [1.165, 1.54) is 6.07 Å². The van der Waals surface area contributed by atoms with Crippen molar-refractivity contribution < 1.29 is 14.3 Å². The van der Waals surface area contributed by atoms with Gasteiger partial charge in [-0.1, -0.05) is 17.7 Å². The highest BCUT2D eigenvalue weighted by atomic mass is 35.5. The average Bonchev–Trinajstić information content (AvgIpc) is 2.80. The molecule has 0 saturated carbocycles. The second-order valence-corrected chi connectivity index (χ2v) is 4.93. The summed E-state index contributed by atoms with van der Waals surface area (Å²) in [5.41, 5.74) is 2.58. The van der Waals surface area contributed by atoms with Crippen LogP contribution in [0.25, 0.3) is 22.6 Å². The summed E-state index contributed by atoms with van der Waals surface area (Å²) in [5.74, 6) is -0.681. The summed E-state index contributed by atoms with van der Waals surface area (Å²) in [6.45, 7) is 1.92. The fourth-order valence-electron chi connectivity index (χ4n) is 2.10. The molecule has 100 valence electrons. The highest BCUT2D eigenvalue weighted by Crippen LogP contribution is 2.29. The molecule has 0 aliphatic heterocycles. The monoisotopic (exact) mass is 287 g/mol. The Hall–Kier alpha value is -2.33. The molecule has 0 fully saturated rings. The summed E-state index contributed by atoms with van der Waals surface area (Å²) in [7, 11) is 0.